The molecule has 0 saturated carbocycles. The lowest BCUT2D eigenvalue weighted by molar-refractivity contribution is -0.147. The largest absolute Gasteiger partial charge is 0.480 e. The Balaban J connectivity index is 1.94. The molecule has 0 radical (unpaired) electrons. The SMILES string of the molecule is CCC(C(=O)O)(c1ncc(-c2ccc(C=O)cn2)cn1)C1CCNCC1. The first-order valence-electron chi connectivity index (χ1n) is 8.80. The molecule has 2 N–H and O–H groups in total. The molecule has 1 aliphatic heterocycles. The van der Waals surface area contributed by atoms with Crippen LogP contribution in [0.25, 0.3) is 11.3 Å². The molecule has 1 saturated heterocycles. The summed E-state index contributed by atoms with van der Waals surface area (Å²) in [4.78, 5) is 36.0. The van der Waals surface area contributed by atoms with Crippen molar-refractivity contribution in [2.75, 3.05) is 13.1 Å². The van der Waals surface area contributed by atoms with Crippen molar-refractivity contribution in [2.24, 2.45) is 5.92 Å². The number of carboxylic acid groups (broad SMARTS) is 1. The number of rotatable bonds is 6. The summed E-state index contributed by atoms with van der Waals surface area (Å²) in [5, 5.41) is 13.3. The molecule has 0 amide bonds. The summed E-state index contributed by atoms with van der Waals surface area (Å²) < 4.78 is 0. The molecule has 0 spiro atoms. The predicted molar refractivity (Wildman–Crippen MR) is 95.8 cm³/mol. The normalized spacial score (nSPS) is 17.4. The van der Waals surface area contributed by atoms with Crippen LogP contribution in [0, 0.1) is 5.92 Å². The highest BCUT2D eigenvalue weighted by atomic mass is 16.4. The lowest BCUT2D eigenvalue weighted by Crippen LogP contribution is -2.48. The van der Waals surface area contributed by atoms with Crippen LogP contribution in [-0.2, 0) is 10.2 Å². The van der Waals surface area contributed by atoms with E-state index in [0.29, 0.717) is 29.1 Å². The molecule has 1 aliphatic rings. The Morgan fingerprint density at radius 3 is 2.42 bits per heavy atom. The Bertz CT molecular complexity index is 770. The van der Waals surface area contributed by atoms with Crippen molar-refractivity contribution < 1.29 is 14.7 Å². The number of aromatic nitrogens is 3. The van der Waals surface area contributed by atoms with Gasteiger partial charge in [0.05, 0.1) is 5.69 Å². The van der Waals surface area contributed by atoms with Gasteiger partial charge in [0.15, 0.2) is 6.29 Å². The summed E-state index contributed by atoms with van der Waals surface area (Å²) in [5.41, 5.74) is 0.747. The van der Waals surface area contributed by atoms with Crippen LogP contribution < -0.4 is 5.32 Å². The summed E-state index contributed by atoms with van der Waals surface area (Å²) in [5.74, 6) is -0.511. The lowest BCUT2D eigenvalue weighted by atomic mass is 9.68. The number of pyridine rings is 1. The summed E-state index contributed by atoms with van der Waals surface area (Å²) in [6.07, 6.45) is 7.47. The van der Waals surface area contributed by atoms with Crippen LogP contribution in [0.2, 0.25) is 0 Å². The van der Waals surface area contributed by atoms with Crippen LogP contribution in [0.3, 0.4) is 0 Å². The highest BCUT2D eigenvalue weighted by Gasteiger charge is 2.48. The quantitative estimate of drug-likeness (QED) is 0.765. The van der Waals surface area contributed by atoms with Crippen LogP contribution >= 0.6 is 0 Å². The Morgan fingerprint density at radius 1 is 1.23 bits per heavy atom. The fourth-order valence-electron chi connectivity index (χ4n) is 3.70. The Kier molecular flexibility index (Phi) is 5.37. The molecule has 7 heteroatoms. The van der Waals surface area contributed by atoms with Crippen LogP contribution in [0.5, 0.6) is 0 Å². The molecule has 0 aliphatic carbocycles. The third-order valence-electron chi connectivity index (χ3n) is 5.24. The molecule has 1 unspecified atom stereocenters. The van der Waals surface area contributed by atoms with E-state index in [1.54, 1.807) is 24.5 Å². The van der Waals surface area contributed by atoms with Crippen molar-refractivity contribution in [3.63, 3.8) is 0 Å². The number of nitrogens with zero attached hydrogens (tertiary/aromatic N) is 3. The van der Waals surface area contributed by atoms with Crippen molar-refractivity contribution in [1.29, 1.82) is 0 Å². The van der Waals surface area contributed by atoms with Gasteiger partial charge in [-0.15, -0.1) is 0 Å². The van der Waals surface area contributed by atoms with Gasteiger partial charge in [-0.25, -0.2) is 9.97 Å². The first-order valence-corrected chi connectivity index (χ1v) is 8.80. The Morgan fingerprint density at radius 2 is 1.92 bits per heavy atom. The standard InChI is InChI=1S/C19H22N4O3/c1-2-19(18(25)26,15-5-7-20-8-6-15)17-22-10-14(11-23-17)16-4-3-13(12-24)9-21-16/h3-4,9-12,15,20H,2,5-8H2,1H3,(H,25,26). The monoisotopic (exact) mass is 354 g/mol. The third kappa shape index (κ3) is 3.22. The van der Waals surface area contributed by atoms with Gasteiger partial charge in [0.25, 0.3) is 0 Å². The Hall–Kier alpha value is -2.67. The average Bonchev–Trinajstić information content (AvgIpc) is 2.70. The number of aldehydes is 1. The van der Waals surface area contributed by atoms with Gasteiger partial charge >= 0.3 is 5.97 Å². The second kappa shape index (κ2) is 7.70. The maximum absolute atomic E-state index is 12.2. The van der Waals surface area contributed by atoms with Crippen molar-refractivity contribution in [3.8, 4) is 11.3 Å². The molecule has 136 valence electrons. The molecule has 26 heavy (non-hydrogen) atoms. The van der Waals surface area contributed by atoms with Gasteiger partial charge in [0, 0.05) is 29.7 Å². The number of carbonyl (C=O) groups excluding carboxylic acids is 1. The second-order valence-electron chi connectivity index (χ2n) is 6.54. The van der Waals surface area contributed by atoms with E-state index in [2.05, 4.69) is 20.3 Å². The zero-order chi connectivity index (χ0) is 18.6. The van der Waals surface area contributed by atoms with E-state index >= 15 is 0 Å². The molecule has 0 aromatic carbocycles. The van der Waals surface area contributed by atoms with Crippen molar-refractivity contribution in [2.45, 2.75) is 31.6 Å². The van der Waals surface area contributed by atoms with Gasteiger partial charge < -0.3 is 10.4 Å². The maximum atomic E-state index is 12.2. The van der Waals surface area contributed by atoms with Crippen molar-refractivity contribution in [1.82, 2.24) is 20.3 Å². The van der Waals surface area contributed by atoms with Gasteiger partial charge in [0.1, 0.15) is 11.2 Å². The predicted octanol–water partition coefficient (Wildman–Crippen LogP) is 2.08. The first-order chi connectivity index (χ1) is 12.6. The molecule has 1 atom stereocenters. The minimum Gasteiger partial charge on any atom is -0.480 e. The van der Waals surface area contributed by atoms with Crippen molar-refractivity contribution >= 4 is 12.3 Å². The zero-order valence-electron chi connectivity index (χ0n) is 14.7. The van der Waals surface area contributed by atoms with E-state index in [1.165, 1.54) is 6.20 Å². The number of carbonyl (C=O) groups is 2. The second-order valence-corrected chi connectivity index (χ2v) is 6.54. The lowest BCUT2D eigenvalue weighted by Gasteiger charge is -2.37. The molecule has 0 bridgehead atoms. The topological polar surface area (TPSA) is 105 Å². The molecular formula is C19H22N4O3. The minimum atomic E-state index is -1.07. The van der Waals surface area contributed by atoms with Gasteiger partial charge in [-0.2, -0.15) is 0 Å². The maximum Gasteiger partial charge on any atom is 0.317 e. The summed E-state index contributed by atoms with van der Waals surface area (Å²) >= 11 is 0. The molecule has 2 aromatic heterocycles. The van der Waals surface area contributed by atoms with E-state index < -0.39 is 11.4 Å². The summed E-state index contributed by atoms with van der Waals surface area (Å²) in [6.45, 7) is 3.50. The number of carboxylic acids is 1. The van der Waals surface area contributed by atoms with E-state index in [-0.39, 0.29) is 5.92 Å². The van der Waals surface area contributed by atoms with Gasteiger partial charge in [-0.1, -0.05) is 6.92 Å². The highest BCUT2D eigenvalue weighted by molar-refractivity contribution is 5.80. The number of nitrogens with one attached hydrogen (secondary N) is 1. The molecule has 3 heterocycles. The number of hydrogen-bond donors (Lipinski definition) is 2. The smallest absolute Gasteiger partial charge is 0.317 e. The number of piperidine rings is 1. The van der Waals surface area contributed by atoms with Gasteiger partial charge in [-0.05, 0) is 50.4 Å². The van der Waals surface area contributed by atoms with E-state index in [1.807, 2.05) is 6.92 Å². The molecule has 2 aromatic rings. The third-order valence-corrected chi connectivity index (χ3v) is 5.24. The van der Waals surface area contributed by atoms with Gasteiger partial charge in [0.2, 0.25) is 0 Å². The van der Waals surface area contributed by atoms with Crippen LogP contribution in [0.1, 0.15) is 42.4 Å². The highest BCUT2D eigenvalue weighted by Crippen LogP contribution is 2.39. The van der Waals surface area contributed by atoms with E-state index in [0.717, 1.165) is 32.2 Å². The average molecular weight is 354 g/mol. The fourth-order valence-corrected chi connectivity index (χ4v) is 3.70. The van der Waals surface area contributed by atoms with Gasteiger partial charge in [-0.3, -0.25) is 14.6 Å². The zero-order valence-corrected chi connectivity index (χ0v) is 14.7. The van der Waals surface area contributed by atoms with Crippen molar-refractivity contribution in [3.05, 3.63) is 42.1 Å². The minimum absolute atomic E-state index is 0.00194. The van der Waals surface area contributed by atoms with Crippen LogP contribution in [-0.4, -0.2) is 45.4 Å². The van der Waals surface area contributed by atoms with Crippen LogP contribution in [0.15, 0.2) is 30.7 Å². The fraction of sp³-hybridized carbons (Fsp3) is 0.421. The molecule has 1 fully saturated rings. The van der Waals surface area contributed by atoms with E-state index in [9.17, 15) is 14.7 Å². The number of aliphatic carboxylic acids is 1. The number of hydrogen-bond acceptors (Lipinski definition) is 6. The summed E-state index contributed by atoms with van der Waals surface area (Å²) in [7, 11) is 0. The first kappa shape index (κ1) is 18.1. The van der Waals surface area contributed by atoms with E-state index in [4.69, 9.17) is 0 Å². The molecular weight excluding hydrogens is 332 g/mol. The van der Waals surface area contributed by atoms with Crippen LogP contribution in [0.4, 0.5) is 0 Å². The molecule has 7 nitrogen and oxygen atoms in total. The molecule has 3 rings (SSSR count). The Labute approximate surface area is 151 Å². The summed E-state index contributed by atoms with van der Waals surface area (Å²) in [6, 6.07) is 3.39.